The van der Waals surface area contributed by atoms with Crippen molar-refractivity contribution in [1.82, 2.24) is 9.88 Å². The predicted molar refractivity (Wildman–Crippen MR) is 102 cm³/mol. The Morgan fingerprint density at radius 2 is 2.00 bits per heavy atom. The van der Waals surface area contributed by atoms with E-state index in [0.717, 1.165) is 28.0 Å². The molecule has 1 fully saturated rings. The molecule has 0 unspecified atom stereocenters. The first-order valence-corrected chi connectivity index (χ1v) is 9.47. The van der Waals surface area contributed by atoms with Gasteiger partial charge in [-0.25, -0.2) is 0 Å². The van der Waals surface area contributed by atoms with Crippen LogP contribution in [-0.4, -0.2) is 27.4 Å². The molecule has 0 radical (unpaired) electrons. The van der Waals surface area contributed by atoms with Gasteiger partial charge in [0.1, 0.15) is 6.04 Å². The second-order valence-electron chi connectivity index (χ2n) is 6.13. The van der Waals surface area contributed by atoms with Crippen LogP contribution in [0.4, 0.5) is 0 Å². The second-order valence-corrected chi connectivity index (χ2v) is 7.70. The minimum Gasteiger partial charge on any atom is -0.480 e. The summed E-state index contributed by atoms with van der Waals surface area (Å²) >= 11 is 7.62. The molecule has 0 amide bonds. The lowest BCUT2D eigenvalue weighted by Crippen LogP contribution is -2.33. The zero-order valence-corrected chi connectivity index (χ0v) is 14.9. The highest BCUT2D eigenvalue weighted by molar-refractivity contribution is 7.99. The van der Waals surface area contributed by atoms with Crippen LogP contribution in [0.25, 0.3) is 10.9 Å². The molecule has 128 valence electrons. The fourth-order valence-electron chi connectivity index (χ4n) is 3.19. The number of benzene rings is 2. The Kier molecular flexibility index (Phi) is 4.46. The molecule has 0 aliphatic carbocycles. The van der Waals surface area contributed by atoms with E-state index in [1.165, 1.54) is 5.56 Å². The van der Waals surface area contributed by atoms with Gasteiger partial charge in [0.05, 0.1) is 5.37 Å². The third kappa shape index (κ3) is 3.27. The van der Waals surface area contributed by atoms with Gasteiger partial charge in [0.15, 0.2) is 0 Å². The Labute approximate surface area is 154 Å². The first-order valence-electron chi connectivity index (χ1n) is 8.04. The first-order chi connectivity index (χ1) is 12.1. The van der Waals surface area contributed by atoms with Crippen molar-refractivity contribution >= 4 is 40.2 Å². The van der Waals surface area contributed by atoms with E-state index in [9.17, 15) is 9.90 Å². The largest absolute Gasteiger partial charge is 0.480 e. The van der Waals surface area contributed by atoms with E-state index in [0.29, 0.717) is 5.75 Å². The summed E-state index contributed by atoms with van der Waals surface area (Å²) in [6, 6.07) is 15.6. The molecule has 1 aromatic heterocycles. The van der Waals surface area contributed by atoms with Crippen LogP contribution in [0.2, 0.25) is 5.02 Å². The van der Waals surface area contributed by atoms with Crippen LogP contribution in [0, 0.1) is 0 Å². The lowest BCUT2D eigenvalue weighted by atomic mass is 10.1. The average Bonchev–Trinajstić information content (AvgIpc) is 3.22. The number of carboxylic acids is 1. The van der Waals surface area contributed by atoms with Crippen molar-refractivity contribution in [2.45, 2.75) is 18.0 Å². The number of fused-ring (bicyclic) bond motifs is 1. The zero-order valence-electron chi connectivity index (χ0n) is 13.4. The number of halogens is 1. The predicted octanol–water partition coefficient (Wildman–Crippen LogP) is 4.13. The lowest BCUT2D eigenvalue weighted by Gasteiger charge is -2.09. The van der Waals surface area contributed by atoms with Gasteiger partial charge in [0, 0.05) is 40.0 Å². The maximum atomic E-state index is 11.2. The third-order valence-corrected chi connectivity index (χ3v) is 5.95. The molecular weight excluding hydrogens is 356 g/mol. The highest BCUT2D eigenvalue weighted by Gasteiger charge is 2.31. The van der Waals surface area contributed by atoms with E-state index in [1.807, 2.05) is 36.4 Å². The summed E-state index contributed by atoms with van der Waals surface area (Å²) in [5.74, 6) is -0.212. The van der Waals surface area contributed by atoms with Crippen LogP contribution in [0.3, 0.4) is 0 Å². The Bertz CT molecular complexity index is 923. The molecule has 3 aromatic rings. The van der Waals surface area contributed by atoms with Crippen molar-refractivity contribution in [3.8, 4) is 0 Å². The standard InChI is InChI=1S/C19H17ClN2O2S/c20-13-7-5-12(6-8-13)9-22-10-15(14-3-1-2-4-17(14)22)18-21-16(11-25-18)19(23)24/h1-8,10,16,18,21H,9,11H2,(H,23,24)/t16-,18+/m0/s1. The molecule has 2 heterocycles. The number of para-hydroxylation sites is 1. The number of hydrogen-bond donors (Lipinski definition) is 2. The molecule has 0 saturated carbocycles. The van der Waals surface area contributed by atoms with Crippen LogP contribution < -0.4 is 5.32 Å². The summed E-state index contributed by atoms with van der Waals surface area (Å²) in [7, 11) is 0. The summed E-state index contributed by atoms with van der Waals surface area (Å²) in [6.45, 7) is 0.747. The normalized spacial score (nSPS) is 20.2. The number of nitrogens with one attached hydrogen (secondary N) is 1. The van der Waals surface area contributed by atoms with Crippen molar-refractivity contribution in [2.75, 3.05) is 5.75 Å². The molecule has 2 N–H and O–H groups in total. The lowest BCUT2D eigenvalue weighted by molar-refractivity contribution is -0.138. The van der Waals surface area contributed by atoms with E-state index < -0.39 is 12.0 Å². The van der Waals surface area contributed by atoms with Gasteiger partial charge >= 0.3 is 5.97 Å². The minimum absolute atomic E-state index is 0.00234. The number of hydrogen-bond acceptors (Lipinski definition) is 3. The summed E-state index contributed by atoms with van der Waals surface area (Å²) < 4.78 is 2.21. The van der Waals surface area contributed by atoms with Gasteiger partial charge in [0.25, 0.3) is 0 Å². The van der Waals surface area contributed by atoms with Gasteiger partial charge in [-0.3, -0.25) is 10.1 Å². The maximum absolute atomic E-state index is 11.2. The molecule has 1 saturated heterocycles. The van der Waals surface area contributed by atoms with Gasteiger partial charge in [-0.1, -0.05) is 41.9 Å². The van der Waals surface area contributed by atoms with E-state index in [1.54, 1.807) is 11.8 Å². The van der Waals surface area contributed by atoms with Crippen molar-refractivity contribution in [3.63, 3.8) is 0 Å². The highest BCUT2D eigenvalue weighted by Crippen LogP contribution is 2.37. The Balaban J connectivity index is 1.69. The third-order valence-electron chi connectivity index (χ3n) is 4.45. The van der Waals surface area contributed by atoms with Gasteiger partial charge in [0.2, 0.25) is 0 Å². The Morgan fingerprint density at radius 3 is 2.72 bits per heavy atom. The van der Waals surface area contributed by atoms with E-state index in [4.69, 9.17) is 11.6 Å². The number of thioether (sulfide) groups is 1. The molecule has 25 heavy (non-hydrogen) atoms. The Morgan fingerprint density at radius 1 is 1.24 bits per heavy atom. The highest BCUT2D eigenvalue weighted by atomic mass is 35.5. The van der Waals surface area contributed by atoms with Crippen molar-refractivity contribution in [2.24, 2.45) is 0 Å². The number of rotatable bonds is 4. The molecule has 0 spiro atoms. The molecule has 4 rings (SSSR count). The van der Waals surface area contributed by atoms with Crippen molar-refractivity contribution < 1.29 is 9.90 Å². The van der Waals surface area contributed by atoms with E-state index in [2.05, 4.69) is 28.2 Å². The molecule has 2 atom stereocenters. The smallest absolute Gasteiger partial charge is 0.321 e. The monoisotopic (exact) mass is 372 g/mol. The van der Waals surface area contributed by atoms with Gasteiger partial charge in [-0.2, -0.15) is 0 Å². The summed E-state index contributed by atoms with van der Waals surface area (Å²) in [5.41, 5.74) is 3.46. The van der Waals surface area contributed by atoms with Crippen LogP contribution >= 0.6 is 23.4 Å². The quantitative estimate of drug-likeness (QED) is 0.723. The van der Waals surface area contributed by atoms with Crippen LogP contribution in [0.1, 0.15) is 16.5 Å². The number of carboxylic acid groups (broad SMARTS) is 1. The Hall–Kier alpha value is -1.95. The number of nitrogens with zero attached hydrogens (tertiary/aromatic N) is 1. The average molecular weight is 373 g/mol. The summed E-state index contributed by atoms with van der Waals surface area (Å²) in [6.07, 6.45) is 2.13. The second kappa shape index (κ2) is 6.75. The van der Waals surface area contributed by atoms with Crippen LogP contribution in [-0.2, 0) is 11.3 Å². The SMILES string of the molecule is O=C(O)[C@@H]1CS[C@H](c2cn(Cc3ccc(Cl)cc3)c3ccccc23)N1. The first kappa shape index (κ1) is 16.5. The number of aliphatic carboxylic acids is 1. The fourth-order valence-corrected chi connectivity index (χ4v) is 4.57. The molecule has 1 aliphatic heterocycles. The zero-order chi connectivity index (χ0) is 17.4. The van der Waals surface area contributed by atoms with Gasteiger partial charge in [-0.05, 0) is 23.8 Å². The fraction of sp³-hybridized carbons (Fsp3) is 0.211. The van der Waals surface area contributed by atoms with E-state index in [-0.39, 0.29) is 5.37 Å². The molecule has 6 heteroatoms. The minimum atomic E-state index is -0.792. The van der Waals surface area contributed by atoms with Crippen molar-refractivity contribution in [3.05, 3.63) is 70.9 Å². The molecule has 4 nitrogen and oxygen atoms in total. The van der Waals surface area contributed by atoms with Gasteiger partial charge in [-0.15, -0.1) is 11.8 Å². The topological polar surface area (TPSA) is 54.3 Å². The van der Waals surface area contributed by atoms with Crippen molar-refractivity contribution in [1.29, 1.82) is 0 Å². The van der Waals surface area contributed by atoms with E-state index >= 15 is 0 Å². The van der Waals surface area contributed by atoms with Gasteiger partial charge < -0.3 is 9.67 Å². The summed E-state index contributed by atoms with van der Waals surface area (Å²) in [5, 5.41) is 14.3. The molecular formula is C19H17ClN2O2S. The molecule has 2 aromatic carbocycles. The maximum Gasteiger partial charge on any atom is 0.321 e. The van der Waals surface area contributed by atoms with Crippen LogP contribution in [0.15, 0.2) is 54.7 Å². The number of carbonyl (C=O) groups is 1. The number of aromatic nitrogens is 1. The van der Waals surface area contributed by atoms with Crippen LogP contribution in [0.5, 0.6) is 0 Å². The molecule has 0 bridgehead atoms. The molecule has 1 aliphatic rings. The summed E-state index contributed by atoms with van der Waals surface area (Å²) in [4.78, 5) is 11.2.